The fourth-order valence-electron chi connectivity index (χ4n) is 2.70. The maximum atomic E-state index is 13.8. The van der Waals surface area contributed by atoms with E-state index in [9.17, 15) is 18.4 Å². The number of amides is 2. The lowest BCUT2D eigenvalue weighted by atomic mass is 10.2. The Morgan fingerprint density at radius 1 is 1.09 bits per heavy atom. The van der Waals surface area contributed by atoms with Crippen molar-refractivity contribution >= 4 is 51.2 Å². The second-order valence-corrected chi connectivity index (χ2v) is 7.96. The summed E-state index contributed by atoms with van der Waals surface area (Å²) < 4.78 is 38.6. The molecule has 0 heterocycles. The van der Waals surface area contributed by atoms with Crippen LogP contribution in [0.3, 0.4) is 0 Å². The van der Waals surface area contributed by atoms with Crippen molar-refractivity contribution in [1.82, 2.24) is 5.43 Å². The Kier molecular flexibility index (Phi) is 8.55. The third-order valence-corrected chi connectivity index (χ3v) is 5.22. The number of hydrogen-bond donors (Lipinski definition) is 2. The topological polar surface area (TPSA) is 89.0 Å². The number of carbonyl (C=O) groups is 2. The molecule has 11 heteroatoms. The van der Waals surface area contributed by atoms with E-state index in [1.807, 2.05) is 0 Å². The van der Waals surface area contributed by atoms with Gasteiger partial charge in [0.1, 0.15) is 18.2 Å². The number of anilines is 1. The molecule has 0 saturated carbocycles. The number of hydrogen-bond acceptors (Lipinski definition) is 5. The van der Waals surface area contributed by atoms with Crippen molar-refractivity contribution in [2.45, 2.75) is 6.61 Å². The molecule has 0 aromatic heterocycles. The number of halogens is 4. The van der Waals surface area contributed by atoms with E-state index >= 15 is 0 Å². The normalized spacial score (nSPS) is 10.7. The lowest BCUT2D eigenvalue weighted by molar-refractivity contribution is -0.136. The lowest BCUT2D eigenvalue weighted by Gasteiger charge is -2.14. The van der Waals surface area contributed by atoms with Crippen LogP contribution in [0.15, 0.2) is 64.2 Å². The molecule has 3 aromatic rings. The maximum absolute atomic E-state index is 13.8. The average molecular weight is 553 g/mol. The first kappa shape index (κ1) is 25.1. The first-order valence-corrected chi connectivity index (χ1v) is 10.8. The molecule has 3 aromatic carbocycles. The number of ether oxygens (including phenoxy) is 2. The summed E-state index contributed by atoms with van der Waals surface area (Å²) >= 11 is 9.02. The molecule has 0 aliphatic carbocycles. The maximum Gasteiger partial charge on any atom is 0.329 e. The highest BCUT2D eigenvalue weighted by Crippen LogP contribution is 2.37. The lowest BCUT2D eigenvalue weighted by Crippen LogP contribution is -2.32. The van der Waals surface area contributed by atoms with E-state index in [4.69, 9.17) is 21.1 Å². The molecule has 0 saturated heterocycles. The molecule has 0 radical (unpaired) electrons. The smallest absolute Gasteiger partial charge is 0.329 e. The van der Waals surface area contributed by atoms with E-state index in [1.54, 1.807) is 30.3 Å². The Bertz CT molecular complexity index is 1260. The number of benzene rings is 3. The predicted octanol–water partition coefficient (Wildman–Crippen LogP) is 5.06. The molecule has 2 amide bonds. The van der Waals surface area contributed by atoms with Crippen LogP contribution in [-0.2, 0) is 16.2 Å². The van der Waals surface area contributed by atoms with Crippen LogP contribution in [0.5, 0.6) is 11.5 Å². The SMILES string of the molecule is COc1cc(/C=N/NC(=O)C(=O)Nc2ccc(F)c(Cl)c2)cc(Br)c1OCc1ccccc1F. The number of carbonyl (C=O) groups excluding carboxylic acids is 2. The summed E-state index contributed by atoms with van der Waals surface area (Å²) in [4.78, 5) is 23.9. The van der Waals surface area contributed by atoms with Crippen LogP contribution in [0.4, 0.5) is 14.5 Å². The first-order chi connectivity index (χ1) is 16.3. The highest BCUT2D eigenvalue weighted by Gasteiger charge is 2.15. The minimum Gasteiger partial charge on any atom is -0.493 e. The zero-order valence-corrected chi connectivity index (χ0v) is 19.9. The second-order valence-electron chi connectivity index (χ2n) is 6.70. The van der Waals surface area contributed by atoms with Crippen LogP contribution in [0.2, 0.25) is 5.02 Å². The van der Waals surface area contributed by atoms with Crippen LogP contribution in [0, 0.1) is 11.6 Å². The van der Waals surface area contributed by atoms with Crippen molar-refractivity contribution in [3.63, 3.8) is 0 Å². The Hall–Kier alpha value is -3.50. The van der Waals surface area contributed by atoms with Gasteiger partial charge in [-0.05, 0) is 57.9 Å². The van der Waals surface area contributed by atoms with Crippen LogP contribution in [0.25, 0.3) is 0 Å². The summed E-state index contributed by atoms with van der Waals surface area (Å²) in [5, 5.41) is 5.83. The molecule has 3 rings (SSSR count). The van der Waals surface area contributed by atoms with E-state index < -0.39 is 17.6 Å². The number of hydrazone groups is 1. The molecule has 0 spiro atoms. The molecule has 0 aliphatic rings. The third-order valence-electron chi connectivity index (χ3n) is 4.35. The Labute approximate surface area is 206 Å². The van der Waals surface area contributed by atoms with Gasteiger partial charge in [0.25, 0.3) is 0 Å². The monoisotopic (exact) mass is 551 g/mol. The van der Waals surface area contributed by atoms with Crippen molar-refractivity contribution in [2.75, 3.05) is 12.4 Å². The zero-order chi connectivity index (χ0) is 24.7. The van der Waals surface area contributed by atoms with E-state index in [1.165, 1.54) is 31.5 Å². The molecule has 0 aliphatic heterocycles. The number of nitrogens with zero attached hydrogens (tertiary/aromatic N) is 1. The highest BCUT2D eigenvalue weighted by atomic mass is 79.9. The second kappa shape index (κ2) is 11.6. The van der Waals surface area contributed by atoms with Crippen molar-refractivity contribution in [2.24, 2.45) is 5.10 Å². The van der Waals surface area contributed by atoms with Crippen molar-refractivity contribution < 1.29 is 27.8 Å². The van der Waals surface area contributed by atoms with Crippen molar-refractivity contribution in [3.8, 4) is 11.5 Å². The molecule has 0 bridgehead atoms. The largest absolute Gasteiger partial charge is 0.493 e. The van der Waals surface area contributed by atoms with Crippen LogP contribution >= 0.6 is 27.5 Å². The molecular formula is C23H17BrClF2N3O4. The van der Waals surface area contributed by atoms with E-state index in [0.717, 1.165) is 6.07 Å². The van der Waals surface area contributed by atoms with Crippen molar-refractivity contribution in [1.29, 1.82) is 0 Å². The van der Waals surface area contributed by atoms with E-state index in [0.29, 0.717) is 27.1 Å². The highest BCUT2D eigenvalue weighted by molar-refractivity contribution is 9.10. The van der Waals surface area contributed by atoms with E-state index in [2.05, 4.69) is 31.8 Å². The summed E-state index contributed by atoms with van der Waals surface area (Å²) in [7, 11) is 1.44. The van der Waals surface area contributed by atoms with Crippen LogP contribution in [0.1, 0.15) is 11.1 Å². The summed E-state index contributed by atoms with van der Waals surface area (Å²) in [5.74, 6) is -2.42. The van der Waals surface area contributed by atoms with Crippen LogP contribution < -0.4 is 20.2 Å². The van der Waals surface area contributed by atoms with Gasteiger partial charge >= 0.3 is 11.8 Å². The van der Waals surface area contributed by atoms with E-state index in [-0.39, 0.29) is 23.1 Å². The molecule has 0 fully saturated rings. The summed E-state index contributed by atoms with van der Waals surface area (Å²) in [6.45, 7) is -0.0144. The third kappa shape index (κ3) is 6.52. The van der Waals surface area contributed by atoms with Gasteiger partial charge in [0.05, 0.1) is 22.8 Å². The fraction of sp³-hybridized carbons (Fsp3) is 0.0870. The zero-order valence-electron chi connectivity index (χ0n) is 17.6. The van der Waals surface area contributed by atoms with Gasteiger partial charge in [0.2, 0.25) is 0 Å². The van der Waals surface area contributed by atoms with Gasteiger partial charge in [-0.25, -0.2) is 14.2 Å². The summed E-state index contributed by atoms with van der Waals surface area (Å²) in [6.07, 6.45) is 1.29. The van der Waals surface area contributed by atoms with Gasteiger partial charge < -0.3 is 14.8 Å². The molecule has 0 unspecified atom stereocenters. The number of rotatable bonds is 7. The standard InChI is InChI=1S/C23H17BrClF2N3O4/c1-33-20-9-13(8-16(24)21(20)34-12-14-4-2-3-5-18(14)26)11-28-30-23(32)22(31)29-15-6-7-19(27)17(25)10-15/h2-11H,12H2,1H3,(H,29,31)(H,30,32)/b28-11+. The van der Waals surface area contributed by atoms with Gasteiger partial charge in [-0.15, -0.1) is 0 Å². The molecule has 7 nitrogen and oxygen atoms in total. The molecule has 34 heavy (non-hydrogen) atoms. The van der Waals surface area contributed by atoms with Gasteiger partial charge in [0.15, 0.2) is 11.5 Å². The average Bonchev–Trinajstić information content (AvgIpc) is 2.81. The summed E-state index contributed by atoms with van der Waals surface area (Å²) in [6, 6.07) is 13.0. The minimum absolute atomic E-state index is 0.0144. The molecular weight excluding hydrogens is 536 g/mol. The van der Waals surface area contributed by atoms with Crippen molar-refractivity contribution in [3.05, 3.63) is 86.9 Å². The molecule has 2 N–H and O–H groups in total. The fourth-order valence-corrected chi connectivity index (χ4v) is 3.45. The van der Waals surface area contributed by atoms with Crippen LogP contribution in [-0.4, -0.2) is 25.1 Å². The number of methoxy groups -OCH3 is 1. The molecule has 0 atom stereocenters. The quantitative estimate of drug-likeness (QED) is 0.244. The summed E-state index contributed by atoms with van der Waals surface area (Å²) in [5.41, 5.74) is 3.12. The minimum atomic E-state index is -1.05. The number of nitrogens with one attached hydrogen (secondary N) is 2. The van der Waals surface area contributed by atoms with Gasteiger partial charge in [-0.3, -0.25) is 9.59 Å². The van der Waals surface area contributed by atoms with Gasteiger partial charge in [0, 0.05) is 11.3 Å². The first-order valence-electron chi connectivity index (χ1n) is 9.61. The van der Waals surface area contributed by atoms with Gasteiger partial charge in [-0.1, -0.05) is 29.8 Å². The molecule has 176 valence electrons. The Balaban J connectivity index is 1.63. The Morgan fingerprint density at radius 3 is 2.56 bits per heavy atom. The Morgan fingerprint density at radius 2 is 1.85 bits per heavy atom. The van der Waals surface area contributed by atoms with Gasteiger partial charge in [-0.2, -0.15) is 5.10 Å². The predicted molar refractivity (Wildman–Crippen MR) is 127 cm³/mol.